The molecule has 4 nitrogen and oxygen atoms in total. The minimum atomic E-state index is -4.42. The monoisotopic (exact) mass is 401 g/mol. The Kier molecular flexibility index (Phi) is 4.58. The van der Waals surface area contributed by atoms with Crippen LogP contribution in [0.5, 0.6) is 0 Å². The molecule has 0 fully saturated rings. The number of hydrogen-bond donors (Lipinski definition) is 1. The molecule has 7 heteroatoms. The van der Waals surface area contributed by atoms with Crippen molar-refractivity contribution in [2.24, 2.45) is 11.8 Å². The molecule has 152 valence electrons. The Morgan fingerprint density at radius 1 is 1.31 bits per heavy atom. The summed E-state index contributed by atoms with van der Waals surface area (Å²) in [6, 6.07) is 11.3. The van der Waals surface area contributed by atoms with E-state index in [-0.39, 0.29) is 17.4 Å². The van der Waals surface area contributed by atoms with Gasteiger partial charge in [0.2, 0.25) is 0 Å². The van der Waals surface area contributed by atoms with Gasteiger partial charge in [0.25, 0.3) is 0 Å². The van der Waals surface area contributed by atoms with Gasteiger partial charge in [-0.3, -0.25) is 4.68 Å². The second-order valence-electron chi connectivity index (χ2n) is 8.26. The normalized spacial score (nSPS) is 28.9. The molecule has 1 aromatic heterocycles. The first-order chi connectivity index (χ1) is 13.7. The Bertz CT molecular complexity index is 1000. The molecule has 0 amide bonds. The van der Waals surface area contributed by atoms with Crippen LogP contribution in [0.15, 0.2) is 42.0 Å². The third-order valence-corrected chi connectivity index (χ3v) is 6.45. The average Bonchev–Trinajstić information content (AvgIpc) is 3.03. The highest BCUT2D eigenvalue weighted by Gasteiger charge is 2.51. The number of aliphatic hydroxyl groups is 1. The summed E-state index contributed by atoms with van der Waals surface area (Å²) in [6.07, 6.45) is -2.34. The van der Waals surface area contributed by atoms with Crippen molar-refractivity contribution in [1.82, 2.24) is 9.78 Å². The molecule has 2 aliphatic rings. The Morgan fingerprint density at radius 2 is 2.00 bits per heavy atom. The molecule has 0 spiro atoms. The van der Waals surface area contributed by atoms with Crippen molar-refractivity contribution in [2.75, 3.05) is 0 Å². The van der Waals surface area contributed by atoms with Gasteiger partial charge in [0.15, 0.2) is 0 Å². The van der Waals surface area contributed by atoms with Crippen molar-refractivity contribution in [2.45, 2.75) is 50.9 Å². The molecule has 0 saturated carbocycles. The van der Waals surface area contributed by atoms with E-state index in [1.165, 1.54) is 0 Å². The van der Waals surface area contributed by atoms with Gasteiger partial charge in [-0.05, 0) is 24.7 Å². The quantitative estimate of drug-likeness (QED) is 0.812. The second-order valence-corrected chi connectivity index (χ2v) is 8.26. The Hall–Kier alpha value is -2.59. The lowest BCUT2D eigenvalue weighted by Gasteiger charge is -2.47. The van der Waals surface area contributed by atoms with Crippen LogP contribution in [0.25, 0.3) is 11.3 Å². The first-order valence-electron chi connectivity index (χ1n) is 9.69. The molecule has 4 rings (SSSR count). The van der Waals surface area contributed by atoms with E-state index in [9.17, 15) is 23.5 Å². The lowest BCUT2D eigenvalue weighted by Crippen LogP contribution is -2.48. The van der Waals surface area contributed by atoms with Gasteiger partial charge < -0.3 is 5.11 Å². The smallest absolute Gasteiger partial charge is 0.387 e. The largest absolute Gasteiger partial charge is 0.408 e. The maximum absolute atomic E-state index is 13.4. The van der Waals surface area contributed by atoms with E-state index in [2.05, 4.69) is 5.10 Å². The number of aliphatic hydroxyl groups excluding tert-OH is 1. The number of nitrogens with zero attached hydrogens (tertiary/aromatic N) is 3. The minimum absolute atomic E-state index is 0.0746. The van der Waals surface area contributed by atoms with Crippen LogP contribution < -0.4 is 0 Å². The molecule has 1 N–H and O–H groups in total. The zero-order valence-electron chi connectivity index (χ0n) is 16.2. The predicted molar refractivity (Wildman–Crippen MR) is 102 cm³/mol. The van der Waals surface area contributed by atoms with Crippen molar-refractivity contribution in [3.63, 3.8) is 0 Å². The molecule has 1 heterocycles. The second kappa shape index (κ2) is 6.74. The van der Waals surface area contributed by atoms with Gasteiger partial charge in [-0.2, -0.15) is 23.5 Å². The van der Waals surface area contributed by atoms with E-state index in [1.807, 2.05) is 50.2 Å². The summed E-state index contributed by atoms with van der Waals surface area (Å²) in [5.74, 6) is -0.309. The first kappa shape index (κ1) is 19.7. The molecule has 1 unspecified atom stereocenters. The van der Waals surface area contributed by atoms with Crippen molar-refractivity contribution in [1.29, 1.82) is 5.26 Å². The van der Waals surface area contributed by atoms with Gasteiger partial charge in [0, 0.05) is 16.5 Å². The molecule has 2 aromatic rings. The molecular formula is C22H22F3N3O. The van der Waals surface area contributed by atoms with Crippen molar-refractivity contribution in [3.05, 3.63) is 53.2 Å². The van der Waals surface area contributed by atoms with E-state index in [4.69, 9.17) is 0 Å². The molecule has 29 heavy (non-hydrogen) atoms. The van der Waals surface area contributed by atoms with Crippen LogP contribution in [0, 0.1) is 23.2 Å². The fraction of sp³-hybridized carbons (Fsp3) is 0.455. The Balaban J connectivity index is 1.97. The minimum Gasteiger partial charge on any atom is -0.387 e. The number of benzene rings is 1. The van der Waals surface area contributed by atoms with Crippen LogP contribution in [0.2, 0.25) is 0 Å². The first-order valence-corrected chi connectivity index (χ1v) is 9.69. The fourth-order valence-electron chi connectivity index (χ4n) is 5.22. The zero-order valence-corrected chi connectivity index (χ0v) is 16.2. The van der Waals surface area contributed by atoms with Crippen LogP contribution in [-0.2, 0) is 18.4 Å². The maximum atomic E-state index is 13.4. The number of halogens is 3. The topological polar surface area (TPSA) is 61.8 Å². The SMILES string of the molecule is C[C@H]1C(O)C(C#N)=C[C@@]2(C)c3c(c(-c4ccccc4)nn3CC(F)(F)F)CC[C@H]12. The molecule has 2 aliphatic carbocycles. The summed E-state index contributed by atoms with van der Waals surface area (Å²) < 4.78 is 41.2. The van der Waals surface area contributed by atoms with Crippen LogP contribution in [0.4, 0.5) is 13.2 Å². The van der Waals surface area contributed by atoms with Crippen molar-refractivity contribution < 1.29 is 18.3 Å². The van der Waals surface area contributed by atoms with Gasteiger partial charge in [-0.25, -0.2) is 0 Å². The standard InChI is InChI=1S/C22H22F3N3O/c1-13-17-9-8-16-18(14-6-4-3-5-7-14)27-28(12-22(23,24)25)20(16)21(17,2)10-15(11-26)19(13)29/h3-7,10,13,17,19,29H,8-9,12H2,1-2H3/t13-,17-,19?,21-/m1/s1. The summed E-state index contributed by atoms with van der Waals surface area (Å²) in [6.45, 7) is 2.56. The number of rotatable bonds is 2. The summed E-state index contributed by atoms with van der Waals surface area (Å²) in [5, 5.41) is 24.4. The highest BCUT2D eigenvalue weighted by Crippen LogP contribution is 2.52. The van der Waals surface area contributed by atoms with Crippen LogP contribution >= 0.6 is 0 Å². The Morgan fingerprint density at radius 3 is 2.62 bits per heavy atom. The summed E-state index contributed by atoms with van der Waals surface area (Å²) >= 11 is 0. The van der Waals surface area contributed by atoms with Gasteiger partial charge in [-0.15, -0.1) is 0 Å². The van der Waals surface area contributed by atoms with E-state index < -0.39 is 24.2 Å². The highest BCUT2D eigenvalue weighted by molar-refractivity contribution is 5.66. The molecule has 0 aliphatic heterocycles. The molecule has 1 aromatic carbocycles. The number of alkyl halides is 3. The summed E-state index contributed by atoms with van der Waals surface area (Å²) in [7, 11) is 0. The molecule has 4 atom stereocenters. The lowest BCUT2D eigenvalue weighted by atomic mass is 9.57. The summed E-state index contributed by atoms with van der Waals surface area (Å²) in [5.41, 5.74) is 2.07. The van der Waals surface area contributed by atoms with Crippen LogP contribution in [0.3, 0.4) is 0 Å². The van der Waals surface area contributed by atoms with Crippen molar-refractivity contribution >= 4 is 0 Å². The average molecular weight is 401 g/mol. The van der Waals surface area contributed by atoms with Gasteiger partial charge >= 0.3 is 6.18 Å². The summed E-state index contributed by atoms with van der Waals surface area (Å²) in [4.78, 5) is 0. The third kappa shape index (κ3) is 3.16. The van der Waals surface area contributed by atoms with E-state index in [0.29, 0.717) is 24.2 Å². The van der Waals surface area contributed by atoms with E-state index in [0.717, 1.165) is 15.8 Å². The van der Waals surface area contributed by atoms with Gasteiger partial charge in [0.05, 0.1) is 29.1 Å². The number of hydrogen-bond acceptors (Lipinski definition) is 3. The molecule has 0 saturated heterocycles. The zero-order chi connectivity index (χ0) is 21.0. The predicted octanol–water partition coefficient (Wildman–Crippen LogP) is 4.39. The lowest BCUT2D eigenvalue weighted by molar-refractivity contribution is -0.143. The molecule has 0 radical (unpaired) electrons. The van der Waals surface area contributed by atoms with Crippen LogP contribution in [-0.4, -0.2) is 27.2 Å². The number of allylic oxidation sites excluding steroid dienone is 1. The number of aromatic nitrogens is 2. The number of nitriles is 1. The van der Waals surface area contributed by atoms with Gasteiger partial charge in [-0.1, -0.05) is 50.3 Å². The van der Waals surface area contributed by atoms with Crippen molar-refractivity contribution in [3.8, 4) is 17.3 Å². The molecule has 0 bridgehead atoms. The fourth-order valence-corrected chi connectivity index (χ4v) is 5.22. The van der Waals surface area contributed by atoms with Crippen LogP contribution in [0.1, 0.15) is 31.5 Å². The third-order valence-electron chi connectivity index (χ3n) is 6.45. The Labute approximate surface area is 167 Å². The van der Waals surface area contributed by atoms with Gasteiger partial charge in [0.1, 0.15) is 6.54 Å². The van der Waals surface area contributed by atoms with E-state index >= 15 is 0 Å². The highest BCUT2D eigenvalue weighted by atomic mass is 19.4. The number of fused-ring (bicyclic) bond motifs is 3. The molecular weight excluding hydrogens is 379 g/mol. The van der Waals surface area contributed by atoms with E-state index in [1.54, 1.807) is 6.08 Å². The maximum Gasteiger partial charge on any atom is 0.408 e.